The van der Waals surface area contributed by atoms with Crippen LogP contribution in [0.3, 0.4) is 0 Å². The van der Waals surface area contributed by atoms with Crippen LogP contribution in [-0.2, 0) is 6.18 Å². The van der Waals surface area contributed by atoms with Gasteiger partial charge in [0.25, 0.3) is 0 Å². The van der Waals surface area contributed by atoms with Gasteiger partial charge in [0.05, 0.1) is 16.9 Å². The molecule has 0 saturated heterocycles. The second kappa shape index (κ2) is 3.17. The zero-order valence-electron chi connectivity index (χ0n) is 6.61. The number of aryl methyl sites for hydroxylation is 1. The first-order valence-corrected chi connectivity index (χ1v) is 4.11. The summed E-state index contributed by atoms with van der Waals surface area (Å²) in [6, 6.07) is 0.867. The Balaban J connectivity index is 3.32. The Morgan fingerprint density at radius 3 is 2.46 bits per heavy atom. The molecule has 2 N–H and O–H groups in total. The maximum absolute atomic E-state index is 12.2. The number of nitrogens with two attached hydrogens (primary N) is 1. The van der Waals surface area contributed by atoms with Crippen molar-refractivity contribution in [1.29, 1.82) is 0 Å². The van der Waals surface area contributed by atoms with Crippen LogP contribution in [0.4, 0.5) is 18.9 Å². The van der Waals surface area contributed by atoms with E-state index in [4.69, 9.17) is 5.73 Å². The highest BCUT2D eigenvalue weighted by atomic mass is 79.9. The van der Waals surface area contributed by atoms with Crippen molar-refractivity contribution < 1.29 is 13.2 Å². The van der Waals surface area contributed by atoms with Crippen molar-refractivity contribution in [2.75, 3.05) is 5.73 Å². The third-order valence-corrected chi connectivity index (χ3v) is 2.12. The van der Waals surface area contributed by atoms with Crippen LogP contribution < -0.4 is 5.73 Å². The predicted octanol–water partition coefficient (Wildman–Crippen LogP) is 2.75. The summed E-state index contributed by atoms with van der Waals surface area (Å²) in [5.74, 6) is 0. The lowest BCUT2D eigenvalue weighted by Crippen LogP contribution is -2.09. The molecule has 0 spiro atoms. The zero-order valence-corrected chi connectivity index (χ0v) is 8.20. The maximum atomic E-state index is 12.2. The SMILES string of the molecule is Cc1nc(Br)c(C(F)(F)F)cc1N. The van der Waals surface area contributed by atoms with E-state index >= 15 is 0 Å². The molecule has 0 aliphatic rings. The zero-order chi connectivity index (χ0) is 10.2. The van der Waals surface area contributed by atoms with E-state index < -0.39 is 11.7 Å². The van der Waals surface area contributed by atoms with E-state index in [1.165, 1.54) is 0 Å². The van der Waals surface area contributed by atoms with E-state index in [0.717, 1.165) is 6.07 Å². The average molecular weight is 255 g/mol. The minimum Gasteiger partial charge on any atom is -0.397 e. The fourth-order valence-corrected chi connectivity index (χ4v) is 1.40. The first kappa shape index (κ1) is 10.3. The van der Waals surface area contributed by atoms with Crippen molar-refractivity contribution in [3.63, 3.8) is 0 Å². The van der Waals surface area contributed by atoms with Crippen molar-refractivity contribution in [1.82, 2.24) is 4.98 Å². The van der Waals surface area contributed by atoms with Gasteiger partial charge in [-0.3, -0.25) is 0 Å². The number of aromatic nitrogens is 1. The summed E-state index contributed by atoms with van der Waals surface area (Å²) in [4.78, 5) is 3.61. The molecule has 0 saturated carbocycles. The molecular formula is C7H6BrF3N2. The third-order valence-electron chi connectivity index (χ3n) is 1.51. The molecule has 0 bridgehead atoms. The summed E-state index contributed by atoms with van der Waals surface area (Å²) in [6.07, 6.45) is -4.42. The lowest BCUT2D eigenvalue weighted by molar-refractivity contribution is -0.138. The second-order valence-corrected chi connectivity index (χ2v) is 3.25. The molecular weight excluding hydrogens is 249 g/mol. The molecule has 0 aromatic carbocycles. The molecule has 0 atom stereocenters. The van der Waals surface area contributed by atoms with Crippen LogP contribution in [0.1, 0.15) is 11.3 Å². The van der Waals surface area contributed by atoms with E-state index in [0.29, 0.717) is 5.69 Å². The number of nitrogens with zero attached hydrogens (tertiary/aromatic N) is 1. The van der Waals surface area contributed by atoms with E-state index in [-0.39, 0.29) is 10.3 Å². The largest absolute Gasteiger partial charge is 0.419 e. The fraction of sp³-hybridized carbons (Fsp3) is 0.286. The summed E-state index contributed by atoms with van der Waals surface area (Å²) < 4.78 is 36.5. The van der Waals surface area contributed by atoms with Crippen LogP contribution in [0.25, 0.3) is 0 Å². The van der Waals surface area contributed by atoms with Gasteiger partial charge in [0.1, 0.15) is 4.60 Å². The van der Waals surface area contributed by atoms with Crippen LogP contribution in [0, 0.1) is 6.92 Å². The summed E-state index contributed by atoms with van der Waals surface area (Å²) >= 11 is 2.73. The highest BCUT2D eigenvalue weighted by Crippen LogP contribution is 2.35. The lowest BCUT2D eigenvalue weighted by Gasteiger charge is -2.10. The minimum absolute atomic E-state index is 0.0375. The van der Waals surface area contributed by atoms with Gasteiger partial charge in [-0.25, -0.2) is 4.98 Å². The standard InChI is InChI=1S/C7H6BrF3N2/c1-3-5(12)2-4(6(8)13-3)7(9,10)11/h2H,12H2,1H3. The Kier molecular flexibility index (Phi) is 2.51. The van der Waals surface area contributed by atoms with Crippen LogP contribution >= 0.6 is 15.9 Å². The van der Waals surface area contributed by atoms with E-state index in [9.17, 15) is 13.2 Å². The van der Waals surface area contributed by atoms with Crippen molar-refractivity contribution in [2.45, 2.75) is 13.1 Å². The number of hydrogen-bond donors (Lipinski definition) is 1. The molecule has 2 nitrogen and oxygen atoms in total. The monoisotopic (exact) mass is 254 g/mol. The number of halogens is 4. The molecule has 0 aliphatic carbocycles. The molecule has 1 aromatic rings. The van der Waals surface area contributed by atoms with Crippen molar-refractivity contribution in [3.05, 3.63) is 21.9 Å². The van der Waals surface area contributed by atoms with Crippen molar-refractivity contribution in [2.24, 2.45) is 0 Å². The Bertz CT molecular complexity index is 335. The Morgan fingerprint density at radius 2 is 2.00 bits per heavy atom. The molecule has 1 rings (SSSR count). The number of anilines is 1. The molecule has 1 heterocycles. The number of hydrogen-bond acceptors (Lipinski definition) is 2. The van der Waals surface area contributed by atoms with Crippen LogP contribution in [0.5, 0.6) is 0 Å². The molecule has 13 heavy (non-hydrogen) atoms. The number of alkyl halides is 3. The van der Waals surface area contributed by atoms with E-state index in [2.05, 4.69) is 20.9 Å². The van der Waals surface area contributed by atoms with Gasteiger partial charge < -0.3 is 5.73 Å². The summed E-state index contributed by atoms with van der Waals surface area (Å²) in [7, 11) is 0. The number of pyridine rings is 1. The molecule has 0 fully saturated rings. The van der Waals surface area contributed by atoms with Gasteiger partial charge in [-0.15, -0.1) is 0 Å². The first-order valence-electron chi connectivity index (χ1n) is 3.32. The van der Waals surface area contributed by atoms with Gasteiger partial charge in [0, 0.05) is 0 Å². The maximum Gasteiger partial charge on any atom is 0.419 e. The van der Waals surface area contributed by atoms with E-state index in [1.807, 2.05) is 0 Å². The number of nitrogen functional groups attached to an aromatic ring is 1. The summed E-state index contributed by atoms with van der Waals surface area (Å²) in [5.41, 5.74) is 4.86. The Hall–Kier alpha value is -0.780. The molecule has 0 unspecified atom stereocenters. The molecule has 6 heteroatoms. The molecule has 0 amide bonds. The quantitative estimate of drug-likeness (QED) is 0.724. The van der Waals surface area contributed by atoms with Crippen molar-refractivity contribution in [3.8, 4) is 0 Å². The smallest absolute Gasteiger partial charge is 0.397 e. The minimum atomic E-state index is -4.42. The fourth-order valence-electron chi connectivity index (χ4n) is 0.790. The van der Waals surface area contributed by atoms with Gasteiger partial charge >= 0.3 is 6.18 Å². The molecule has 0 aliphatic heterocycles. The van der Waals surface area contributed by atoms with Crippen LogP contribution in [0.2, 0.25) is 0 Å². The summed E-state index contributed by atoms with van der Waals surface area (Å²) in [6.45, 7) is 1.54. The van der Waals surface area contributed by atoms with Gasteiger partial charge in [0.2, 0.25) is 0 Å². The highest BCUT2D eigenvalue weighted by molar-refractivity contribution is 9.10. The summed E-state index contributed by atoms with van der Waals surface area (Å²) in [5, 5.41) is 0. The predicted molar refractivity (Wildman–Crippen MR) is 46.1 cm³/mol. The molecule has 72 valence electrons. The van der Waals surface area contributed by atoms with Gasteiger partial charge in [0.15, 0.2) is 0 Å². The second-order valence-electron chi connectivity index (χ2n) is 2.50. The first-order chi connectivity index (χ1) is 5.82. The Morgan fingerprint density at radius 1 is 1.46 bits per heavy atom. The molecule has 1 aromatic heterocycles. The van der Waals surface area contributed by atoms with Crippen molar-refractivity contribution >= 4 is 21.6 Å². The molecule has 0 radical (unpaired) electrons. The van der Waals surface area contributed by atoms with E-state index in [1.54, 1.807) is 6.92 Å². The average Bonchev–Trinajstić information content (AvgIpc) is 1.94. The van der Waals surface area contributed by atoms with Gasteiger partial charge in [-0.05, 0) is 28.9 Å². The number of rotatable bonds is 0. The highest BCUT2D eigenvalue weighted by Gasteiger charge is 2.34. The van der Waals surface area contributed by atoms with Gasteiger partial charge in [-0.1, -0.05) is 0 Å². The third kappa shape index (κ3) is 2.12. The normalized spacial score (nSPS) is 11.8. The van der Waals surface area contributed by atoms with Crippen LogP contribution in [-0.4, -0.2) is 4.98 Å². The Labute approximate surface area is 81.1 Å². The lowest BCUT2D eigenvalue weighted by atomic mass is 10.2. The van der Waals surface area contributed by atoms with Crippen LogP contribution in [0.15, 0.2) is 10.7 Å². The van der Waals surface area contributed by atoms with Gasteiger partial charge in [-0.2, -0.15) is 13.2 Å². The topological polar surface area (TPSA) is 38.9 Å².